The topological polar surface area (TPSA) is 69.4 Å². The van der Waals surface area contributed by atoms with Crippen LogP contribution >= 0.6 is 0 Å². The molecule has 3 heterocycles. The van der Waals surface area contributed by atoms with Crippen molar-refractivity contribution in [2.24, 2.45) is 5.92 Å². The van der Waals surface area contributed by atoms with Crippen LogP contribution in [0.4, 0.5) is 4.39 Å². The largest absolute Gasteiger partial charge is 0.364 e. The highest BCUT2D eigenvalue weighted by molar-refractivity contribution is 5.17. The van der Waals surface area contributed by atoms with E-state index in [4.69, 9.17) is 4.74 Å². The molecule has 1 spiro atoms. The van der Waals surface area contributed by atoms with Gasteiger partial charge in [0.25, 0.3) is 0 Å². The lowest BCUT2D eigenvalue weighted by Crippen LogP contribution is -2.53. The third-order valence-electron chi connectivity index (χ3n) is 6.04. The highest BCUT2D eigenvalue weighted by Crippen LogP contribution is 2.32. The molecule has 8 heteroatoms. The molecule has 2 aromatic rings. The molecule has 2 fully saturated rings. The summed E-state index contributed by atoms with van der Waals surface area (Å²) in [5.74, 6) is 0.767. The third kappa shape index (κ3) is 3.20. The van der Waals surface area contributed by atoms with Crippen LogP contribution in [0.1, 0.15) is 30.7 Å². The Kier molecular flexibility index (Phi) is 4.21. The summed E-state index contributed by atoms with van der Waals surface area (Å²) in [4.78, 5) is 27.2. The van der Waals surface area contributed by atoms with Gasteiger partial charge in [-0.2, -0.15) is 5.10 Å². The van der Waals surface area contributed by atoms with E-state index in [2.05, 4.69) is 10.00 Å². The van der Waals surface area contributed by atoms with E-state index in [1.807, 2.05) is 6.07 Å². The van der Waals surface area contributed by atoms with Crippen LogP contribution in [0.25, 0.3) is 0 Å². The molecule has 2 aliphatic heterocycles. The molecule has 0 amide bonds. The Morgan fingerprint density at radius 1 is 1.18 bits per heavy atom. The van der Waals surface area contributed by atoms with E-state index in [0.29, 0.717) is 43.5 Å². The summed E-state index contributed by atoms with van der Waals surface area (Å²) in [6.45, 7) is 2.91. The van der Waals surface area contributed by atoms with Crippen LogP contribution in [-0.4, -0.2) is 37.9 Å². The van der Waals surface area contributed by atoms with E-state index in [-0.39, 0.29) is 12.4 Å². The summed E-state index contributed by atoms with van der Waals surface area (Å²) in [5, 5.41) is 4.39. The normalized spacial score (nSPS) is 24.6. The second-order valence-corrected chi connectivity index (χ2v) is 8.26. The fourth-order valence-electron chi connectivity index (χ4n) is 4.25. The SMILES string of the molecule is O=c1c(=O)n2c(nn1CC1CC1)CO[C@]1(CCN(Cc3ccccc3F)C1)C2. The lowest BCUT2D eigenvalue weighted by Gasteiger charge is -2.35. The van der Waals surface area contributed by atoms with Gasteiger partial charge in [-0.1, -0.05) is 18.2 Å². The molecular weight excluding hydrogens is 363 g/mol. The predicted molar refractivity (Wildman–Crippen MR) is 99.3 cm³/mol. The van der Waals surface area contributed by atoms with E-state index >= 15 is 0 Å². The summed E-state index contributed by atoms with van der Waals surface area (Å²) < 4.78 is 22.9. The molecule has 0 bridgehead atoms. The molecule has 5 rings (SSSR count). The first kappa shape index (κ1) is 17.8. The zero-order valence-corrected chi connectivity index (χ0v) is 15.6. The summed E-state index contributed by atoms with van der Waals surface area (Å²) in [7, 11) is 0. The molecule has 1 atom stereocenters. The molecule has 1 aliphatic carbocycles. The Bertz CT molecular complexity index is 1030. The third-order valence-corrected chi connectivity index (χ3v) is 6.04. The lowest BCUT2D eigenvalue weighted by molar-refractivity contribution is -0.0859. The van der Waals surface area contributed by atoms with Crippen molar-refractivity contribution in [3.8, 4) is 0 Å². The fourth-order valence-corrected chi connectivity index (χ4v) is 4.25. The number of hydrogen-bond donors (Lipinski definition) is 0. The molecule has 148 valence electrons. The van der Waals surface area contributed by atoms with E-state index < -0.39 is 16.7 Å². The van der Waals surface area contributed by atoms with Gasteiger partial charge in [0.1, 0.15) is 18.0 Å². The van der Waals surface area contributed by atoms with E-state index in [9.17, 15) is 14.0 Å². The molecule has 0 unspecified atom stereocenters. The number of aromatic nitrogens is 3. The minimum Gasteiger partial charge on any atom is -0.364 e. The molecule has 7 nitrogen and oxygen atoms in total. The van der Waals surface area contributed by atoms with Crippen LogP contribution < -0.4 is 11.1 Å². The summed E-state index contributed by atoms with van der Waals surface area (Å²) in [6, 6.07) is 6.76. The summed E-state index contributed by atoms with van der Waals surface area (Å²) >= 11 is 0. The fraction of sp³-hybridized carbons (Fsp3) is 0.550. The standard InChI is InChI=1S/C20H23FN4O3/c21-16-4-2-1-3-15(16)10-23-8-7-20(12-23)13-24-17(11-28-20)22-25(9-14-5-6-14)19(27)18(24)26/h1-4,14H,5-13H2/t20-/m0/s1. The highest BCUT2D eigenvalue weighted by atomic mass is 19.1. The van der Waals surface area contributed by atoms with Crippen LogP contribution in [0.3, 0.4) is 0 Å². The molecule has 1 aromatic carbocycles. The Morgan fingerprint density at radius 3 is 2.79 bits per heavy atom. The molecule has 0 N–H and O–H groups in total. The number of benzene rings is 1. The van der Waals surface area contributed by atoms with Crippen LogP contribution in [0.15, 0.2) is 33.9 Å². The minimum atomic E-state index is -0.547. The van der Waals surface area contributed by atoms with Gasteiger partial charge in [-0.3, -0.25) is 19.1 Å². The Balaban J connectivity index is 1.35. The number of rotatable bonds is 4. The molecule has 28 heavy (non-hydrogen) atoms. The number of hydrogen-bond acceptors (Lipinski definition) is 5. The smallest absolute Gasteiger partial charge is 0.332 e. The summed E-state index contributed by atoms with van der Waals surface area (Å²) in [6.07, 6.45) is 2.91. The maximum absolute atomic E-state index is 14.0. The average Bonchev–Trinajstić information content (AvgIpc) is 3.43. The minimum absolute atomic E-state index is 0.213. The highest BCUT2D eigenvalue weighted by Gasteiger charge is 2.43. The van der Waals surface area contributed by atoms with Gasteiger partial charge in [-0.05, 0) is 31.2 Å². The zero-order valence-electron chi connectivity index (χ0n) is 15.6. The van der Waals surface area contributed by atoms with Gasteiger partial charge in [-0.25, -0.2) is 9.07 Å². The number of ether oxygens (including phenoxy) is 1. The van der Waals surface area contributed by atoms with Crippen molar-refractivity contribution in [2.45, 2.75) is 51.1 Å². The Morgan fingerprint density at radius 2 is 2.00 bits per heavy atom. The Hall–Kier alpha value is -2.32. The van der Waals surface area contributed by atoms with Gasteiger partial charge in [0.2, 0.25) is 0 Å². The van der Waals surface area contributed by atoms with Gasteiger partial charge in [0.15, 0.2) is 5.82 Å². The van der Waals surface area contributed by atoms with Crippen molar-refractivity contribution in [2.75, 3.05) is 13.1 Å². The van der Waals surface area contributed by atoms with Crippen LogP contribution in [0.2, 0.25) is 0 Å². The van der Waals surface area contributed by atoms with Crippen molar-refractivity contribution < 1.29 is 9.13 Å². The number of halogens is 1. The Labute approximate surface area is 161 Å². The van der Waals surface area contributed by atoms with E-state index in [1.54, 1.807) is 12.1 Å². The van der Waals surface area contributed by atoms with Crippen molar-refractivity contribution in [1.29, 1.82) is 0 Å². The van der Waals surface area contributed by atoms with Crippen molar-refractivity contribution in [3.05, 3.63) is 62.2 Å². The first-order valence-corrected chi connectivity index (χ1v) is 9.84. The summed E-state index contributed by atoms with van der Waals surface area (Å²) in [5.41, 5.74) is -0.939. The second-order valence-electron chi connectivity index (χ2n) is 8.26. The van der Waals surface area contributed by atoms with Crippen molar-refractivity contribution >= 4 is 0 Å². The lowest BCUT2D eigenvalue weighted by atomic mass is 10.0. The molecule has 3 aliphatic rings. The monoisotopic (exact) mass is 386 g/mol. The van der Waals surface area contributed by atoms with Crippen LogP contribution in [0.5, 0.6) is 0 Å². The van der Waals surface area contributed by atoms with E-state index in [0.717, 1.165) is 25.8 Å². The molecule has 1 aromatic heterocycles. The zero-order chi connectivity index (χ0) is 19.3. The second kappa shape index (κ2) is 6.63. The van der Waals surface area contributed by atoms with Gasteiger partial charge in [-0.15, -0.1) is 0 Å². The van der Waals surface area contributed by atoms with Gasteiger partial charge in [0, 0.05) is 31.7 Å². The van der Waals surface area contributed by atoms with Gasteiger partial charge >= 0.3 is 11.1 Å². The predicted octanol–water partition coefficient (Wildman–Crippen LogP) is 1.13. The first-order valence-electron chi connectivity index (χ1n) is 9.84. The van der Waals surface area contributed by atoms with Crippen LogP contribution in [-0.2, 0) is 31.0 Å². The molecule has 0 radical (unpaired) electrons. The number of likely N-dealkylation sites (tertiary alicyclic amines) is 1. The maximum atomic E-state index is 14.0. The molecular formula is C20H23FN4O3. The van der Waals surface area contributed by atoms with Crippen molar-refractivity contribution in [3.63, 3.8) is 0 Å². The number of fused-ring (bicyclic) bond motifs is 1. The average molecular weight is 386 g/mol. The quantitative estimate of drug-likeness (QED) is 0.737. The number of nitrogens with zero attached hydrogens (tertiary/aromatic N) is 4. The van der Waals surface area contributed by atoms with Gasteiger partial charge < -0.3 is 4.74 Å². The van der Waals surface area contributed by atoms with Crippen LogP contribution in [0, 0.1) is 11.7 Å². The molecule has 1 saturated carbocycles. The first-order chi connectivity index (χ1) is 13.5. The molecule has 1 saturated heterocycles. The van der Waals surface area contributed by atoms with Gasteiger partial charge in [0.05, 0.1) is 6.54 Å². The maximum Gasteiger partial charge on any atom is 0.332 e. The van der Waals surface area contributed by atoms with Crippen molar-refractivity contribution in [1.82, 2.24) is 19.2 Å². The van der Waals surface area contributed by atoms with E-state index in [1.165, 1.54) is 15.3 Å².